The Morgan fingerprint density at radius 3 is 2.50 bits per heavy atom. The van der Waals surface area contributed by atoms with E-state index < -0.39 is 0 Å². The quantitative estimate of drug-likeness (QED) is 0.506. The van der Waals surface area contributed by atoms with Crippen LogP contribution in [0.5, 0.6) is 0 Å². The van der Waals surface area contributed by atoms with Gasteiger partial charge in [-0.2, -0.15) is 0 Å². The van der Waals surface area contributed by atoms with Gasteiger partial charge in [0, 0.05) is 11.8 Å². The van der Waals surface area contributed by atoms with Crippen LogP contribution in [-0.4, -0.2) is 5.78 Å². The van der Waals surface area contributed by atoms with E-state index in [1.54, 1.807) is 0 Å². The van der Waals surface area contributed by atoms with Gasteiger partial charge in [-0.05, 0) is 19.3 Å². The van der Waals surface area contributed by atoms with Gasteiger partial charge in [-0.25, -0.2) is 0 Å². The van der Waals surface area contributed by atoms with Crippen molar-refractivity contribution in [3.8, 4) is 0 Å². The van der Waals surface area contributed by atoms with E-state index in [1.807, 2.05) is 6.92 Å². The summed E-state index contributed by atoms with van der Waals surface area (Å²) in [6.07, 6.45) is 3.28. The normalized spacial score (nSPS) is 37.5. The number of ketones is 1. The molecule has 0 aliphatic heterocycles. The number of Topliss-reactive ketones (excluding diaryl/α,β-unsaturated/α-hetero) is 1. The summed E-state index contributed by atoms with van der Waals surface area (Å²) in [7, 11) is 0. The first-order valence-electron chi connectivity index (χ1n) is 4.74. The second kappa shape index (κ2) is 3.42. The number of allylic oxidation sites excluding steroid dienone is 2. The molecule has 0 saturated carbocycles. The van der Waals surface area contributed by atoms with Gasteiger partial charge in [0.05, 0.1) is 0 Å². The third-order valence-electron chi connectivity index (χ3n) is 3.22. The SMILES string of the molecule is CC1=CCC(C)C(C)C(=O)C1C. The Morgan fingerprint density at radius 1 is 1.33 bits per heavy atom. The second-order valence-corrected chi connectivity index (χ2v) is 4.07. The van der Waals surface area contributed by atoms with Gasteiger partial charge >= 0.3 is 0 Å². The molecule has 1 aliphatic carbocycles. The van der Waals surface area contributed by atoms with E-state index in [-0.39, 0.29) is 11.8 Å². The van der Waals surface area contributed by atoms with Crippen molar-refractivity contribution in [1.82, 2.24) is 0 Å². The van der Waals surface area contributed by atoms with Crippen molar-refractivity contribution >= 4 is 5.78 Å². The fourth-order valence-corrected chi connectivity index (χ4v) is 1.65. The van der Waals surface area contributed by atoms with Gasteiger partial charge < -0.3 is 0 Å². The fourth-order valence-electron chi connectivity index (χ4n) is 1.65. The highest BCUT2D eigenvalue weighted by molar-refractivity contribution is 5.85. The maximum absolute atomic E-state index is 11.7. The van der Waals surface area contributed by atoms with Crippen molar-refractivity contribution < 1.29 is 4.79 Å². The molecular weight excluding hydrogens is 148 g/mol. The first-order valence-corrected chi connectivity index (χ1v) is 4.74. The number of rotatable bonds is 0. The van der Waals surface area contributed by atoms with Crippen LogP contribution in [0.25, 0.3) is 0 Å². The van der Waals surface area contributed by atoms with Crippen LogP contribution in [0.1, 0.15) is 34.1 Å². The molecule has 1 nitrogen and oxygen atoms in total. The number of hydrogen-bond donors (Lipinski definition) is 0. The van der Waals surface area contributed by atoms with Gasteiger partial charge in [0.25, 0.3) is 0 Å². The molecule has 0 aromatic carbocycles. The number of carbonyl (C=O) groups is 1. The molecule has 0 N–H and O–H groups in total. The lowest BCUT2D eigenvalue weighted by Gasteiger charge is -2.17. The van der Waals surface area contributed by atoms with Crippen molar-refractivity contribution in [3.63, 3.8) is 0 Å². The molecule has 0 heterocycles. The van der Waals surface area contributed by atoms with Crippen LogP contribution in [-0.2, 0) is 4.79 Å². The average molecular weight is 166 g/mol. The van der Waals surface area contributed by atoms with Crippen molar-refractivity contribution in [2.45, 2.75) is 34.1 Å². The Hall–Kier alpha value is -0.590. The summed E-state index contributed by atoms with van der Waals surface area (Å²) in [4.78, 5) is 11.7. The topological polar surface area (TPSA) is 17.1 Å². The van der Waals surface area contributed by atoms with Gasteiger partial charge in [0.1, 0.15) is 5.78 Å². The zero-order chi connectivity index (χ0) is 9.30. The Morgan fingerprint density at radius 2 is 1.92 bits per heavy atom. The Balaban J connectivity index is 2.88. The summed E-state index contributed by atoms with van der Waals surface area (Å²) < 4.78 is 0. The van der Waals surface area contributed by atoms with Crippen LogP contribution in [0, 0.1) is 17.8 Å². The Kier molecular flexibility index (Phi) is 2.71. The first-order chi connectivity index (χ1) is 5.54. The summed E-state index contributed by atoms with van der Waals surface area (Å²) in [5.41, 5.74) is 1.25. The number of carbonyl (C=O) groups excluding carboxylic acids is 1. The third-order valence-corrected chi connectivity index (χ3v) is 3.22. The molecule has 1 heteroatoms. The lowest BCUT2D eigenvalue weighted by Crippen LogP contribution is -2.22. The minimum Gasteiger partial charge on any atom is -0.299 e. The minimum atomic E-state index is 0.143. The third kappa shape index (κ3) is 1.60. The fraction of sp³-hybridized carbons (Fsp3) is 0.727. The van der Waals surface area contributed by atoms with E-state index in [0.717, 1.165) is 6.42 Å². The molecule has 12 heavy (non-hydrogen) atoms. The van der Waals surface area contributed by atoms with E-state index in [1.165, 1.54) is 5.57 Å². The van der Waals surface area contributed by atoms with Crippen LogP contribution in [0.15, 0.2) is 11.6 Å². The van der Waals surface area contributed by atoms with Crippen molar-refractivity contribution in [1.29, 1.82) is 0 Å². The van der Waals surface area contributed by atoms with E-state index in [0.29, 0.717) is 11.7 Å². The smallest absolute Gasteiger partial charge is 0.142 e. The van der Waals surface area contributed by atoms with Gasteiger partial charge in [-0.3, -0.25) is 4.79 Å². The minimum absolute atomic E-state index is 0.143. The molecule has 3 atom stereocenters. The molecule has 0 bridgehead atoms. The summed E-state index contributed by atoms with van der Waals surface area (Å²) >= 11 is 0. The molecule has 3 unspecified atom stereocenters. The summed E-state index contributed by atoms with van der Waals surface area (Å²) in [5.74, 6) is 1.30. The molecule has 0 saturated heterocycles. The monoisotopic (exact) mass is 166 g/mol. The predicted molar refractivity (Wildman–Crippen MR) is 50.9 cm³/mol. The maximum Gasteiger partial charge on any atom is 0.142 e. The van der Waals surface area contributed by atoms with Crippen LogP contribution in [0.3, 0.4) is 0 Å². The van der Waals surface area contributed by atoms with Crippen molar-refractivity contribution in [2.24, 2.45) is 17.8 Å². The lowest BCUT2D eigenvalue weighted by molar-refractivity contribution is -0.125. The molecule has 0 radical (unpaired) electrons. The van der Waals surface area contributed by atoms with E-state index in [9.17, 15) is 4.79 Å². The van der Waals surface area contributed by atoms with Crippen LogP contribution >= 0.6 is 0 Å². The highest BCUT2D eigenvalue weighted by Gasteiger charge is 2.27. The summed E-state index contributed by atoms with van der Waals surface area (Å²) in [6.45, 7) is 8.29. The molecule has 0 fully saturated rings. The molecular formula is C11H18O. The maximum atomic E-state index is 11.7. The van der Waals surface area contributed by atoms with Crippen molar-refractivity contribution in [3.05, 3.63) is 11.6 Å². The van der Waals surface area contributed by atoms with E-state index in [2.05, 4.69) is 26.8 Å². The first kappa shape index (κ1) is 9.50. The zero-order valence-corrected chi connectivity index (χ0v) is 8.42. The summed E-state index contributed by atoms with van der Waals surface area (Å²) in [5, 5.41) is 0. The predicted octanol–water partition coefficient (Wildman–Crippen LogP) is 2.81. The highest BCUT2D eigenvalue weighted by Crippen LogP contribution is 2.28. The molecule has 68 valence electrons. The largest absolute Gasteiger partial charge is 0.299 e. The van der Waals surface area contributed by atoms with Gasteiger partial charge in [0.2, 0.25) is 0 Å². The van der Waals surface area contributed by atoms with Crippen molar-refractivity contribution in [2.75, 3.05) is 0 Å². The lowest BCUT2D eigenvalue weighted by atomic mass is 9.86. The second-order valence-electron chi connectivity index (χ2n) is 4.07. The van der Waals surface area contributed by atoms with Gasteiger partial charge in [0.15, 0.2) is 0 Å². The average Bonchev–Trinajstić information content (AvgIpc) is 2.14. The Labute approximate surface area is 74.9 Å². The van der Waals surface area contributed by atoms with E-state index in [4.69, 9.17) is 0 Å². The van der Waals surface area contributed by atoms with E-state index >= 15 is 0 Å². The molecule has 1 aliphatic rings. The van der Waals surface area contributed by atoms with Crippen LogP contribution in [0.4, 0.5) is 0 Å². The van der Waals surface area contributed by atoms with Gasteiger partial charge in [-0.15, -0.1) is 0 Å². The standard InChI is InChI=1S/C11H18O/c1-7-5-6-8(2)10(4)11(12)9(7)3/h5,8-10H,6H2,1-4H3. The van der Waals surface area contributed by atoms with Crippen LogP contribution in [0.2, 0.25) is 0 Å². The highest BCUT2D eigenvalue weighted by atomic mass is 16.1. The molecule has 1 rings (SSSR count). The molecule has 0 aromatic rings. The number of hydrogen-bond acceptors (Lipinski definition) is 1. The zero-order valence-electron chi connectivity index (χ0n) is 8.42. The summed E-state index contributed by atoms with van der Waals surface area (Å²) in [6, 6.07) is 0. The Bertz CT molecular complexity index is 215. The molecule has 0 spiro atoms. The molecule has 0 amide bonds. The van der Waals surface area contributed by atoms with Gasteiger partial charge in [-0.1, -0.05) is 32.4 Å². The molecule has 0 aromatic heterocycles. The van der Waals surface area contributed by atoms with Crippen LogP contribution < -0.4 is 0 Å².